The van der Waals surface area contributed by atoms with E-state index in [2.05, 4.69) is 4.98 Å². The van der Waals surface area contributed by atoms with Crippen LogP contribution in [-0.2, 0) is 0 Å². The number of nitrogens with two attached hydrogens (primary N) is 1. The number of rotatable bonds is 2. The Hall–Kier alpha value is -1.94. The number of aryl methyl sites for hydroxylation is 1. The fourth-order valence-electron chi connectivity index (χ4n) is 3.03. The molecule has 2 aromatic rings. The first-order chi connectivity index (χ1) is 10.2. The number of carbonyl (C=O) groups excluding carboxylic acids is 1. The normalized spacial score (nSPS) is 16.4. The maximum atomic E-state index is 12.8. The number of carbonyl (C=O) groups is 1. The third kappa shape index (κ3) is 2.76. The van der Waals surface area contributed by atoms with Gasteiger partial charge in [-0.2, -0.15) is 0 Å². The molecule has 1 aromatic carbocycles. The second-order valence-corrected chi connectivity index (χ2v) is 5.80. The number of pyridine rings is 1. The summed E-state index contributed by atoms with van der Waals surface area (Å²) in [6.07, 6.45) is 2.01. The van der Waals surface area contributed by atoms with E-state index in [0.717, 1.165) is 54.6 Å². The number of piperidine rings is 1. The highest BCUT2D eigenvalue weighted by atomic mass is 16.2. The van der Waals surface area contributed by atoms with Crippen molar-refractivity contribution in [3.8, 4) is 0 Å². The van der Waals surface area contributed by atoms with Crippen molar-refractivity contribution in [2.75, 3.05) is 19.6 Å². The predicted octanol–water partition coefficient (Wildman–Crippen LogP) is 2.35. The van der Waals surface area contributed by atoms with E-state index < -0.39 is 0 Å². The van der Waals surface area contributed by atoms with Crippen LogP contribution >= 0.6 is 0 Å². The van der Waals surface area contributed by atoms with Crippen LogP contribution in [0.3, 0.4) is 0 Å². The number of amides is 1. The van der Waals surface area contributed by atoms with Gasteiger partial charge in [-0.05, 0) is 44.4 Å². The molecule has 2 heterocycles. The average Bonchev–Trinajstić information content (AvgIpc) is 2.53. The number of para-hydroxylation sites is 1. The van der Waals surface area contributed by atoms with Crippen molar-refractivity contribution in [1.29, 1.82) is 0 Å². The van der Waals surface area contributed by atoms with Gasteiger partial charge >= 0.3 is 0 Å². The summed E-state index contributed by atoms with van der Waals surface area (Å²) in [6.45, 7) is 4.26. The molecule has 0 bridgehead atoms. The van der Waals surface area contributed by atoms with Crippen LogP contribution in [0.15, 0.2) is 30.3 Å². The summed E-state index contributed by atoms with van der Waals surface area (Å²) in [5.74, 6) is 0.678. The van der Waals surface area contributed by atoms with E-state index in [1.165, 1.54) is 0 Å². The quantitative estimate of drug-likeness (QED) is 0.920. The van der Waals surface area contributed by atoms with Crippen molar-refractivity contribution < 1.29 is 4.79 Å². The summed E-state index contributed by atoms with van der Waals surface area (Å²) < 4.78 is 0. The highest BCUT2D eigenvalue weighted by Crippen LogP contribution is 2.23. The van der Waals surface area contributed by atoms with Crippen LogP contribution in [0, 0.1) is 12.8 Å². The van der Waals surface area contributed by atoms with Gasteiger partial charge in [0.1, 0.15) is 0 Å². The van der Waals surface area contributed by atoms with E-state index in [1.54, 1.807) is 0 Å². The van der Waals surface area contributed by atoms with Gasteiger partial charge < -0.3 is 10.6 Å². The summed E-state index contributed by atoms with van der Waals surface area (Å²) in [6, 6.07) is 9.74. The number of hydrogen-bond donors (Lipinski definition) is 1. The summed E-state index contributed by atoms with van der Waals surface area (Å²) >= 11 is 0. The van der Waals surface area contributed by atoms with Crippen molar-refractivity contribution in [2.24, 2.45) is 11.7 Å². The Kier molecular flexibility index (Phi) is 3.88. The summed E-state index contributed by atoms with van der Waals surface area (Å²) in [5, 5.41) is 0.939. The van der Waals surface area contributed by atoms with Crippen LogP contribution < -0.4 is 5.73 Å². The first-order valence-corrected chi connectivity index (χ1v) is 7.55. The minimum atomic E-state index is 0.118. The van der Waals surface area contributed by atoms with E-state index in [1.807, 2.05) is 42.2 Å². The van der Waals surface area contributed by atoms with Gasteiger partial charge in [0.25, 0.3) is 5.91 Å². The molecule has 3 rings (SSSR count). The highest BCUT2D eigenvalue weighted by Gasteiger charge is 2.24. The molecule has 1 aliphatic rings. The van der Waals surface area contributed by atoms with Crippen molar-refractivity contribution >= 4 is 16.8 Å². The Morgan fingerprint density at radius 1 is 1.33 bits per heavy atom. The second-order valence-electron chi connectivity index (χ2n) is 5.80. The predicted molar refractivity (Wildman–Crippen MR) is 84.2 cm³/mol. The van der Waals surface area contributed by atoms with E-state index in [0.29, 0.717) is 5.92 Å². The monoisotopic (exact) mass is 283 g/mol. The van der Waals surface area contributed by atoms with Crippen LogP contribution in [0.1, 0.15) is 28.9 Å². The molecule has 4 heteroatoms. The zero-order valence-corrected chi connectivity index (χ0v) is 12.4. The number of fused-ring (bicyclic) bond motifs is 1. The van der Waals surface area contributed by atoms with Crippen molar-refractivity contribution in [3.05, 3.63) is 41.6 Å². The molecule has 2 N–H and O–H groups in total. The van der Waals surface area contributed by atoms with Crippen LogP contribution in [-0.4, -0.2) is 35.4 Å². The van der Waals surface area contributed by atoms with Gasteiger partial charge in [0.2, 0.25) is 0 Å². The first kappa shape index (κ1) is 14.0. The van der Waals surface area contributed by atoms with Gasteiger partial charge in [-0.25, -0.2) is 0 Å². The molecule has 21 heavy (non-hydrogen) atoms. The Bertz CT molecular complexity index is 660. The zero-order valence-electron chi connectivity index (χ0n) is 12.4. The van der Waals surface area contributed by atoms with Gasteiger partial charge in [-0.15, -0.1) is 0 Å². The minimum absolute atomic E-state index is 0.118. The zero-order chi connectivity index (χ0) is 14.8. The lowest BCUT2D eigenvalue weighted by atomic mass is 9.96. The van der Waals surface area contributed by atoms with Crippen molar-refractivity contribution in [2.45, 2.75) is 19.8 Å². The largest absolute Gasteiger partial charge is 0.339 e. The maximum absolute atomic E-state index is 12.8. The smallest absolute Gasteiger partial charge is 0.254 e. The van der Waals surface area contributed by atoms with Gasteiger partial charge in [-0.3, -0.25) is 9.78 Å². The first-order valence-electron chi connectivity index (χ1n) is 7.55. The Labute approximate surface area is 125 Å². The number of nitrogens with zero attached hydrogens (tertiary/aromatic N) is 2. The molecule has 110 valence electrons. The molecule has 1 saturated heterocycles. The van der Waals surface area contributed by atoms with Crippen LogP contribution in [0.4, 0.5) is 0 Å². The lowest BCUT2D eigenvalue weighted by Gasteiger charge is -2.31. The van der Waals surface area contributed by atoms with Crippen LogP contribution in [0.2, 0.25) is 0 Å². The van der Waals surface area contributed by atoms with Crippen LogP contribution in [0.5, 0.6) is 0 Å². The van der Waals surface area contributed by atoms with Crippen molar-refractivity contribution in [1.82, 2.24) is 9.88 Å². The van der Waals surface area contributed by atoms with Gasteiger partial charge in [0, 0.05) is 24.2 Å². The Balaban J connectivity index is 1.91. The number of hydrogen-bond acceptors (Lipinski definition) is 3. The molecule has 0 spiro atoms. The van der Waals surface area contributed by atoms with Gasteiger partial charge in [-0.1, -0.05) is 18.2 Å². The molecule has 0 unspecified atom stereocenters. The molecule has 1 aromatic heterocycles. The molecular formula is C17H21N3O. The number of likely N-dealkylation sites (tertiary alicyclic amines) is 1. The third-order valence-electron chi connectivity index (χ3n) is 4.31. The maximum Gasteiger partial charge on any atom is 0.254 e. The Morgan fingerprint density at radius 3 is 2.76 bits per heavy atom. The molecule has 1 aliphatic heterocycles. The van der Waals surface area contributed by atoms with E-state index in [9.17, 15) is 4.79 Å². The molecule has 1 amide bonds. The molecule has 4 nitrogen and oxygen atoms in total. The molecule has 0 saturated carbocycles. The average molecular weight is 283 g/mol. The summed E-state index contributed by atoms with van der Waals surface area (Å²) in [4.78, 5) is 19.3. The summed E-state index contributed by atoms with van der Waals surface area (Å²) in [5.41, 5.74) is 8.26. The molecule has 1 fully saturated rings. The molecule has 0 radical (unpaired) electrons. The van der Waals surface area contributed by atoms with Crippen molar-refractivity contribution in [3.63, 3.8) is 0 Å². The summed E-state index contributed by atoms with van der Waals surface area (Å²) in [7, 11) is 0. The fraction of sp³-hybridized carbons (Fsp3) is 0.412. The standard InChI is InChI=1S/C17H21N3O/c1-12-10-15(14-4-2-3-5-16(14)19-12)17(21)20-8-6-13(11-18)7-9-20/h2-5,10,13H,6-9,11,18H2,1H3. The molecule has 0 atom stereocenters. The highest BCUT2D eigenvalue weighted by molar-refractivity contribution is 6.06. The van der Waals surface area contributed by atoms with E-state index in [-0.39, 0.29) is 5.91 Å². The SMILES string of the molecule is Cc1cc(C(=O)N2CCC(CN)CC2)c2ccccc2n1. The van der Waals surface area contributed by atoms with Gasteiger partial charge in [0.05, 0.1) is 11.1 Å². The number of aromatic nitrogens is 1. The second kappa shape index (κ2) is 5.82. The van der Waals surface area contributed by atoms with E-state index >= 15 is 0 Å². The van der Waals surface area contributed by atoms with Gasteiger partial charge in [0.15, 0.2) is 0 Å². The number of benzene rings is 1. The Morgan fingerprint density at radius 2 is 2.05 bits per heavy atom. The fourth-order valence-corrected chi connectivity index (χ4v) is 3.03. The topological polar surface area (TPSA) is 59.2 Å². The minimum Gasteiger partial charge on any atom is -0.339 e. The third-order valence-corrected chi connectivity index (χ3v) is 4.31. The lowest BCUT2D eigenvalue weighted by Crippen LogP contribution is -2.40. The molecular weight excluding hydrogens is 262 g/mol. The molecule has 0 aliphatic carbocycles. The van der Waals surface area contributed by atoms with E-state index in [4.69, 9.17) is 5.73 Å². The lowest BCUT2D eigenvalue weighted by molar-refractivity contribution is 0.0695. The van der Waals surface area contributed by atoms with Crippen LogP contribution in [0.25, 0.3) is 10.9 Å².